The average Bonchev–Trinajstić information content (AvgIpc) is 2.16. The molecule has 0 aromatic carbocycles. The number of carbonyl (C=O) groups is 2. The van der Waals surface area contributed by atoms with Crippen LogP contribution in [0.2, 0.25) is 0 Å². The zero-order valence-corrected chi connectivity index (χ0v) is 14.5. The zero-order chi connectivity index (χ0) is 12.0. The average molecular weight is 268 g/mol. The van der Waals surface area contributed by atoms with Crippen molar-refractivity contribution in [3.05, 3.63) is 30.1 Å². The van der Waals surface area contributed by atoms with Crippen LogP contribution in [-0.2, 0) is 16.1 Å². The van der Waals surface area contributed by atoms with E-state index in [0.29, 0.717) is 5.69 Å². The first kappa shape index (κ1) is 20.4. The zero-order valence-electron chi connectivity index (χ0n) is 10.5. The van der Waals surface area contributed by atoms with E-state index < -0.39 is 25.0 Å². The fourth-order valence-corrected chi connectivity index (χ4v) is 1.25. The molecule has 0 aliphatic rings. The number of carboxylic acid groups (broad SMARTS) is 2. The maximum absolute atomic E-state index is 10.4. The Hall–Kier alpha value is 0.0500. The van der Waals surface area contributed by atoms with Crippen molar-refractivity contribution in [2.45, 2.75) is 6.54 Å². The quantitative estimate of drug-likeness (QED) is 0.475. The number of rotatable bonds is 6. The molecule has 8 heteroatoms. The normalized spacial score (nSPS) is 9.17. The second-order valence-electron chi connectivity index (χ2n) is 3.21. The Kier molecular flexibility index (Phi) is 12.4. The van der Waals surface area contributed by atoms with Crippen molar-refractivity contribution in [1.29, 1.82) is 0 Å². The molecule has 86 valence electrons. The molecule has 0 N–H and O–H groups in total. The van der Waals surface area contributed by atoms with E-state index in [0.717, 1.165) is 0 Å². The second kappa shape index (κ2) is 10.9. The van der Waals surface area contributed by atoms with E-state index >= 15 is 0 Å². The third kappa shape index (κ3) is 9.04. The molecule has 18 heavy (non-hydrogen) atoms. The Balaban J connectivity index is 0. The minimum atomic E-state index is -1.34. The number of hydrogen-bond donors (Lipinski definition) is 0. The SMILES string of the molecule is O=C([O-])CN(CC(=O)[O-])Cc1ccccn1.[Na+].[Na+]. The summed E-state index contributed by atoms with van der Waals surface area (Å²) in [5.41, 5.74) is 0.588. The van der Waals surface area contributed by atoms with Gasteiger partial charge in [0.05, 0.1) is 17.6 Å². The van der Waals surface area contributed by atoms with Gasteiger partial charge in [-0.25, -0.2) is 0 Å². The van der Waals surface area contributed by atoms with Gasteiger partial charge in [-0.05, 0) is 12.1 Å². The van der Waals surface area contributed by atoms with Crippen LogP contribution in [0.15, 0.2) is 24.4 Å². The van der Waals surface area contributed by atoms with Gasteiger partial charge in [0.25, 0.3) is 0 Å². The molecular weight excluding hydrogens is 258 g/mol. The summed E-state index contributed by atoms with van der Waals surface area (Å²) in [7, 11) is 0. The Morgan fingerprint density at radius 2 is 1.67 bits per heavy atom. The number of nitrogens with zero attached hydrogens (tertiary/aromatic N) is 2. The van der Waals surface area contributed by atoms with Crippen LogP contribution in [0.1, 0.15) is 5.69 Å². The summed E-state index contributed by atoms with van der Waals surface area (Å²) in [6.07, 6.45) is 1.55. The van der Waals surface area contributed by atoms with E-state index in [2.05, 4.69) is 4.98 Å². The number of carbonyl (C=O) groups excluding carboxylic acids is 2. The Labute approximate surface area is 149 Å². The third-order valence-electron chi connectivity index (χ3n) is 1.82. The van der Waals surface area contributed by atoms with Crippen LogP contribution in [-0.4, -0.2) is 34.9 Å². The molecule has 0 saturated heterocycles. The molecule has 0 atom stereocenters. The summed E-state index contributed by atoms with van der Waals surface area (Å²) >= 11 is 0. The molecule has 0 aliphatic carbocycles. The van der Waals surface area contributed by atoms with Crippen LogP contribution in [0.5, 0.6) is 0 Å². The Bertz CT molecular complexity index is 359. The largest absolute Gasteiger partial charge is 1.00 e. The molecule has 1 aromatic heterocycles. The number of hydrogen-bond acceptors (Lipinski definition) is 6. The molecule has 0 saturated carbocycles. The molecule has 1 aromatic rings. The molecule has 0 amide bonds. The van der Waals surface area contributed by atoms with Crippen LogP contribution in [0.3, 0.4) is 0 Å². The van der Waals surface area contributed by atoms with Gasteiger partial charge in [-0.2, -0.15) is 0 Å². The van der Waals surface area contributed by atoms with Crippen molar-refractivity contribution in [1.82, 2.24) is 9.88 Å². The van der Waals surface area contributed by atoms with Crippen LogP contribution >= 0.6 is 0 Å². The van der Waals surface area contributed by atoms with Gasteiger partial charge in [0.1, 0.15) is 0 Å². The van der Waals surface area contributed by atoms with Gasteiger partial charge in [0.2, 0.25) is 0 Å². The molecule has 0 fully saturated rings. The van der Waals surface area contributed by atoms with Crippen molar-refractivity contribution in [2.24, 2.45) is 0 Å². The molecule has 0 unspecified atom stereocenters. The summed E-state index contributed by atoms with van der Waals surface area (Å²) in [4.78, 5) is 25.9. The van der Waals surface area contributed by atoms with Gasteiger partial charge >= 0.3 is 59.1 Å². The summed E-state index contributed by atoms with van der Waals surface area (Å²) in [5.74, 6) is -2.67. The molecule has 0 radical (unpaired) electrons. The van der Waals surface area contributed by atoms with Gasteiger partial charge < -0.3 is 19.8 Å². The van der Waals surface area contributed by atoms with Crippen LogP contribution < -0.4 is 69.3 Å². The third-order valence-corrected chi connectivity index (χ3v) is 1.82. The van der Waals surface area contributed by atoms with E-state index in [1.54, 1.807) is 24.4 Å². The topological polar surface area (TPSA) is 96.4 Å². The van der Waals surface area contributed by atoms with Crippen LogP contribution in [0, 0.1) is 0 Å². The first-order valence-electron chi connectivity index (χ1n) is 4.60. The monoisotopic (exact) mass is 268 g/mol. The van der Waals surface area contributed by atoms with E-state index in [4.69, 9.17) is 0 Å². The van der Waals surface area contributed by atoms with Gasteiger partial charge in [-0.3, -0.25) is 9.88 Å². The smallest absolute Gasteiger partial charge is 0.549 e. The second-order valence-corrected chi connectivity index (χ2v) is 3.21. The first-order chi connectivity index (χ1) is 7.58. The van der Waals surface area contributed by atoms with Gasteiger partial charge in [0.15, 0.2) is 0 Å². The molecule has 0 bridgehead atoms. The maximum Gasteiger partial charge on any atom is 1.00 e. The van der Waals surface area contributed by atoms with Crippen LogP contribution in [0.4, 0.5) is 0 Å². The van der Waals surface area contributed by atoms with Crippen molar-refractivity contribution in [2.75, 3.05) is 13.1 Å². The minimum absolute atomic E-state index is 0. The molecule has 0 aliphatic heterocycles. The van der Waals surface area contributed by atoms with Crippen molar-refractivity contribution >= 4 is 11.9 Å². The Morgan fingerprint density at radius 3 is 2.06 bits per heavy atom. The van der Waals surface area contributed by atoms with Gasteiger partial charge in [-0.1, -0.05) is 6.07 Å². The summed E-state index contributed by atoms with van der Waals surface area (Å²) in [5, 5.41) is 20.8. The maximum atomic E-state index is 10.4. The van der Waals surface area contributed by atoms with Crippen molar-refractivity contribution < 1.29 is 78.9 Å². The Morgan fingerprint density at radius 1 is 1.11 bits per heavy atom. The number of aliphatic carboxylic acids is 2. The van der Waals surface area contributed by atoms with E-state index in [-0.39, 0.29) is 65.7 Å². The number of carboxylic acids is 2. The molecule has 1 rings (SSSR count). The predicted octanol–water partition coefficient (Wildman–Crippen LogP) is -8.61. The molecule has 1 heterocycles. The van der Waals surface area contributed by atoms with Crippen molar-refractivity contribution in [3.63, 3.8) is 0 Å². The van der Waals surface area contributed by atoms with E-state index in [1.807, 2.05) is 0 Å². The molecule has 0 spiro atoms. The number of aromatic nitrogens is 1. The standard InChI is InChI=1S/C10H12N2O4.2Na/c13-9(14)6-12(7-10(15)16)5-8-3-1-2-4-11-8;;/h1-4H,5-7H2,(H,13,14)(H,15,16);;/q;2*+1/p-2. The van der Waals surface area contributed by atoms with E-state index in [1.165, 1.54) is 4.90 Å². The fraction of sp³-hybridized carbons (Fsp3) is 0.300. The molecular formula is C10H10N2Na2O4. The van der Waals surface area contributed by atoms with E-state index in [9.17, 15) is 19.8 Å². The minimum Gasteiger partial charge on any atom is -0.549 e. The number of pyridine rings is 1. The van der Waals surface area contributed by atoms with Gasteiger partial charge in [-0.15, -0.1) is 0 Å². The molecule has 6 nitrogen and oxygen atoms in total. The van der Waals surface area contributed by atoms with Crippen LogP contribution in [0.25, 0.3) is 0 Å². The summed E-state index contributed by atoms with van der Waals surface area (Å²) in [6, 6.07) is 5.13. The predicted molar refractivity (Wildman–Crippen MR) is 49.5 cm³/mol. The summed E-state index contributed by atoms with van der Waals surface area (Å²) < 4.78 is 0. The first-order valence-corrected chi connectivity index (χ1v) is 4.60. The van der Waals surface area contributed by atoms with Crippen molar-refractivity contribution in [3.8, 4) is 0 Å². The summed E-state index contributed by atoms with van der Waals surface area (Å²) in [6.45, 7) is -0.808. The van der Waals surface area contributed by atoms with Gasteiger partial charge in [0, 0.05) is 25.8 Å². The fourth-order valence-electron chi connectivity index (χ4n) is 1.25.